The number of aliphatic carboxylic acids is 1. The normalized spacial score (nSPS) is 41.1. The van der Waals surface area contributed by atoms with Crippen molar-refractivity contribution in [3.63, 3.8) is 0 Å². The number of ether oxygens (including phenoxy) is 1. The fourth-order valence-electron chi connectivity index (χ4n) is 3.91. The topological polar surface area (TPSA) is 49.8 Å². The number of morpholine rings is 1. The first kappa shape index (κ1) is 14.8. The first-order valence-corrected chi connectivity index (χ1v) is 7.52. The fraction of sp³-hybridized carbons (Fsp3) is 0.933. The Bertz CT molecular complexity index is 323. The zero-order valence-corrected chi connectivity index (χ0v) is 12.4. The molecule has 4 unspecified atom stereocenters. The molecule has 110 valence electrons. The Kier molecular flexibility index (Phi) is 4.51. The zero-order valence-electron chi connectivity index (χ0n) is 12.4. The lowest BCUT2D eigenvalue weighted by molar-refractivity contribution is -0.156. The van der Waals surface area contributed by atoms with Crippen LogP contribution in [0.5, 0.6) is 0 Å². The molecule has 1 saturated carbocycles. The van der Waals surface area contributed by atoms with Crippen molar-refractivity contribution in [2.24, 2.45) is 11.3 Å². The molecule has 1 N–H and O–H groups in total. The molecule has 1 aliphatic carbocycles. The average Bonchev–Trinajstić information content (AvgIpc) is 2.26. The van der Waals surface area contributed by atoms with E-state index in [-0.39, 0.29) is 12.2 Å². The number of hydrogen-bond donors (Lipinski definition) is 1. The van der Waals surface area contributed by atoms with Gasteiger partial charge in [0.05, 0.1) is 17.6 Å². The van der Waals surface area contributed by atoms with Crippen LogP contribution in [-0.2, 0) is 9.53 Å². The van der Waals surface area contributed by atoms with Gasteiger partial charge < -0.3 is 9.84 Å². The van der Waals surface area contributed by atoms with E-state index in [0.717, 1.165) is 32.4 Å². The molecule has 1 heterocycles. The maximum atomic E-state index is 11.8. The Labute approximate surface area is 116 Å². The minimum absolute atomic E-state index is 0.204. The first-order valence-electron chi connectivity index (χ1n) is 7.52. The summed E-state index contributed by atoms with van der Waals surface area (Å²) < 4.78 is 5.73. The molecule has 2 rings (SSSR count). The summed E-state index contributed by atoms with van der Waals surface area (Å²) >= 11 is 0. The molecule has 0 amide bonds. The van der Waals surface area contributed by atoms with Crippen molar-refractivity contribution in [3.05, 3.63) is 0 Å². The van der Waals surface area contributed by atoms with Crippen LogP contribution in [0.15, 0.2) is 0 Å². The van der Waals surface area contributed by atoms with Crippen LogP contribution in [0.4, 0.5) is 0 Å². The van der Waals surface area contributed by atoms with Gasteiger partial charge in [0.15, 0.2) is 0 Å². The molecule has 0 aromatic heterocycles. The van der Waals surface area contributed by atoms with E-state index in [9.17, 15) is 9.90 Å². The van der Waals surface area contributed by atoms with Crippen LogP contribution < -0.4 is 0 Å². The number of carboxylic acids is 1. The molecule has 4 heteroatoms. The predicted octanol–water partition coefficient (Wildman–Crippen LogP) is 2.38. The van der Waals surface area contributed by atoms with Gasteiger partial charge in [-0.2, -0.15) is 0 Å². The van der Waals surface area contributed by atoms with E-state index in [1.54, 1.807) is 0 Å². The minimum atomic E-state index is -0.606. The lowest BCUT2D eigenvalue weighted by Crippen LogP contribution is -2.52. The summed E-state index contributed by atoms with van der Waals surface area (Å²) in [5, 5.41) is 9.71. The molecular weight excluding hydrogens is 242 g/mol. The largest absolute Gasteiger partial charge is 0.481 e. The summed E-state index contributed by atoms with van der Waals surface area (Å²) in [6.07, 6.45) is 4.27. The SMILES string of the molecule is CC1CCCC(CN2CC(C)OC(C)C2)(C(=O)O)C1. The van der Waals surface area contributed by atoms with Crippen LogP contribution >= 0.6 is 0 Å². The third kappa shape index (κ3) is 3.48. The molecule has 4 nitrogen and oxygen atoms in total. The maximum absolute atomic E-state index is 11.8. The van der Waals surface area contributed by atoms with Crippen molar-refractivity contribution in [3.8, 4) is 0 Å². The van der Waals surface area contributed by atoms with E-state index in [0.29, 0.717) is 12.5 Å². The van der Waals surface area contributed by atoms with E-state index >= 15 is 0 Å². The van der Waals surface area contributed by atoms with Crippen LogP contribution in [0.3, 0.4) is 0 Å². The summed E-state index contributed by atoms with van der Waals surface area (Å²) in [7, 11) is 0. The quantitative estimate of drug-likeness (QED) is 0.854. The molecule has 2 aliphatic rings. The molecule has 19 heavy (non-hydrogen) atoms. The zero-order chi connectivity index (χ0) is 14.0. The van der Waals surface area contributed by atoms with Crippen molar-refractivity contribution < 1.29 is 14.6 Å². The molecule has 0 bridgehead atoms. The van der Waals surface area contributed by atoms with Gasteiger partial charge in [-0.1, -0.05) is 19.8 Å². The Morgan fingerprint density at radius 2 is 1.95 bits per heavy atom. The summed E-state index contributed by atoms with van der Waals surface area (Å²) in [4.78, 5) is 14.1. The van der Waals surface area contributed by atoms with Gasteiger partial charge in [-0.05, 0) is 32.6 Å². The maximum Gasteiger partial charge on any atom is 0.310 e. The fourth-order valence-corrected chi connectivity index (χ4v) is 3.91. The standard InChI is InChI=1S/C15H27NO3/c1-11-5-4-6-15(7-11,14(17)18)10-16-8-12(2)19-13(3)9-16/h11-13H,4-10H2,1-3H3,(H,17,18). The van der Waals surface area contributed by atoms with E-state index in [2.05, 4.69) is 25.7 Å². The highest BCUT2D eigenvalue weighted by molar-refractivity contribution is 5.75. The third-order valence-electron chi connectivity index (χ3n) is 4.57. The summed E-state index contributed by atoms with van der Waals surface area (Å²) in [5.74, 6) is -0.0772. The molecule has 0 radical (unpaired) electrons. The van der Waals surface area contributed by atoms with Gasteiger partial charge in [0.2, 0.25) is 0 Å². The minimum Gasteiger partial charge on any atom is -0.481 e. The van der Waals surface area contributed by atoms with Crippen molar-refractivity contribution >= 4 is 5.97 Å². The molecule has 2 fully saturated rings. The molecule has 0 aromatic carbocycles. The second-order valence-electron chi connectivity index (χ2n) is 6.74. The van der Waals surface area contributed by atoms with Gasteiger partial charge in [0.1, 0.15) is 0 Å². The van der Waals surface area contributed by atoms with Crippen molar-refractivity contribution in [1.29, 1.82) is 0 Å². The highest BCUT2D eigenvalue weighted by Gasteiger charge is 2.43. The second-order valence-corrected chi connectivity index (χ2v) is 6.74. The van der Waals surface area contributed by atoms with Crippen LogP contribution in [0.2, 0.25) is 0 Å². The Morgan fingerprint density at radius 3 is 2.47 bits per heavy atom. The Balaban J connectivity index is 2.06. The van der Waals surface area contributed by atoms with Crippen LogP contribution in [0.25, 0.3) is 0 Å². The highest BCUT2D eigenvalue weighted by Crippen LogP contribution is 2.40. The van der Waals surface area contributed by atoms with Gasteiger partial charge >= 0.3 is 5.97 Å². The molecular formula is C15H27NO3. The van der Waals surface area contributed by atoms with Crippen molar-refractivity contribution in [2.45, 2.75) is 58.7 Å². The second kappa shape index (κ2) is 5.80. The third-order valence-corrected chi connectivity index (χ3v) is 4.57. The summed E-state index contributed by atoms with van der Waals surface area (Å²) in [6.45, 7) is 8.72. The van der Waals surface area contributed by atoms with E-state index in [4.69, 9.17) is 4.74 Å². The van der Waals surface area contributed by atoms with Gasteiger partial charge in [0, 0.05) is 19.6 Å². The van der Waals surface area contributed by atoms with Gasteiger partial charge in [-0.25, -0.2) is 0 Å². The number of hydrogen-bond acceptors (Lipinski definition) is 3. The monoisotopic (exact) mass is 269 g/mol. The van der Waals surface area contributed by atoms with E-state index in [1.807, 2.05) is 0 Å². The smallest absolute Gasteiger partial charge is 0.310 e. The summed E-state index contributed by atoms with van der Waals surface area (Å²) in [5.41, 5.74) is -0.533. The van der Waals surface area contributed by atoms with Crippen LogP contribution in [0.1, 0.15) is 46.5 Å². The van der Waals surface area contributed by atoms with Gasteiger partial charge in [-0.15, -0.1) is 0 Å². The van der Waals surface area contributed by atoms with Crippen LogP contribution in [0, 0.1) is 11.3 Å². The molecule has 0 spiro atoms. The Hall–Kier alpha value is -0.610. The number of carboxylic acid groups (broad SMARTS) is 1. The number of nitrogens with zero attached hydrogens (tertiary/aromatic N) is 1. The number of rotatable bonds is 3. The number of carbonyl (C=O) groups is 1. The first-order chi connectivity index (χ1) is 8.91. The Morgan fingerprint density at radius 1 is 1.32 bits per heavy atom. The molecule has 1 aliphatic heterocycles. The molecule has 0 aromatic rings. The molecule has 1 saturated heterocycles. The average molecular weight is 269 g/mol. The van der Waals surface area contributed by atoms with Crippen molar-refractivity contribution in [1.82, 2.24) is 4.90 Å². The molecule has 4 atom stereocenters. The predicted molar refractivity (Wildman–Crippen MR) is 74.1 cm³/mol. The van der Waals surface area contributed by atoms with Crippen LogP contribution in [-0.4, -0.2) is 47.8 Å². The lowest BCUT2D eigenvalue weighted by Gasteiger charge is -2.43. The van der Waals surface area contributed by atoms with E-state index < -0.39 is 11.4 Å². The van der Waals surface area contributed by atoms with Crippen molar-refractivity contribution in [2.75, 3.05) is 19.6 Å². The lowest BCUT2D eigenvalue weighted by atomic mass is 9.69. The van der Waals surface area contributed by atoms with Gasteiger partial charge in [0.25, 0.3) is 0 Å². The van der Waals surface area contributed by atoms with Gasteiger partial charge in [-0.3, -0.25) is 9.69 Å². The highest BCUT2D eigenvalue weighted by atomic mass is 16.5. The van der Waals surface area contributed by atoms with E-state index in [1.165, 1.54) is 6.42 Å². The summed E-state index contributed by atoms with van der Waals surface area (Å²) in [6, 6.07) is 0.